The summed E-state index contributed by atoms with van der Waals surface area (Å²) < 4.78 is 24.2. The Labute approximate surface area is 331 Å². The standard InChI is InChI=1S/C18H21BrN2O5.C17H20N2O5.CH2Br2/c1-10-14(16(23)17(20)24)15-11(21(10)9-19)6-5-7-12(15)25-8-13(22)26-18(2,3)4;1-9-13(15(21)16(18)22)14-10(19-9)6-5-7-11(14)23-8-12(20)24-17(2,3)4;2-1-3/h5-7H,8-9H2,1-4H3,(H2,20,24);5-7,19H,8H2,1-4H3,(H2,18,22);1H2. The number of aryl methyl sites for hydroxylation is 1. The van der Waals surface area contributed by atoms with E-state index in [1.807, 2.05) is 4.57 Å². The van der Waals surface area contributed by atoms with Crippen LogP contribution < -0.4 is 20.9 Å². The highest BCUT2D eigenvalue weighted by molar-refractivity contribution is 9.24. The molecule has 0 bridgehead atoms. The number of hydrogen-bond donors (Lipinski definition) is 3. The third kappa shape index (κ3) is 12.4. The van der Waals surface area contributed by atoms with Crippen LogP contribution in [0.3, 0.4) is 0 Å². The van der Waals surface area contributed by atoms with Crippen molar-refractivity contribution in [3.8, 4) is 11.5 Å². The van der Waals surface area contributed by atoms with E-state index in [1.54, 1.807) is 91.8 Å². The maximum absolute atomic E-state index is 12.3. The van der Waals surface area contributed by atoms with Crippen molar-refractivity contribution in [1.82, 2.24) is 9.55 Å². The van der Waals surface area contributed by atoms with Gasteiger partial charge in [-0.3, -0.25) is 19.2 Å². The first kappa shape index (κ1) is 44.9. The SMILES string of the molecule is BrCBr.Cc1[nH]c2cccc(OCC(=O)OC(C)(C)C)c2c1C(=O)C(N)=O.Cc1c(C(=O)C(N)=O)c2c(OCC(=O)OC(C)(C)C)cccc2n1CBr. The first-order valence-corrected chi connectivity index (χ1v) is 19.2. The lowest BCUT2D eigenvalue weighted by atomic mass is 10.1. The molecule has 0 unspecified atom stereocenters. The van der Waals surface area contributed by atoms with Crippen molar-refractivity contribution < 1.29 is 47.7 Å². The number of rotatable bonds is 11. The lowest BCUT2D eigenvalue weighted by Crippen LogP contribution is -2.27. The van der Waals surface area contributed by atoms with E-state index < -0.39 is 46.5 Å². The molecule has 53 heavy (non-hydrogen) atoms. The number of aromatic nitrogens is 2. The molecule has 4 rings (SSSR count). The molecule has 2 aromatic carbocycles. The van der Waals surface area contributed by atoms with Gasteiger partial charge in [-0.05, 0) is 79.7 Å². The third-order valence-corrected chi connectivity index (χ3v) is 7.34. The number of ether oxygens (including phenoxy) is 4. The molecule has 0 atom stereocenters. The van der Waals surface area contributed by atoms with Crippen molar-refractivity contribution in [2.75, 3.05) is 17.5 Å². The molecule has 14 nitrogen and oxygen atoms in total. The number of hydrogen-bond acceptors (Lipinski definition) is 10. The van der Waals surface area contributed by atoms with Gasteiger partial charge in [0.2, 0.25) is 0 Å². The maximum atomic E-state index is 12.3. The van der Waals surface area contributed by atoms with E-state index in [2.05, 4.69) is 52.8 Å². The van der Waals surface area contributed by atoms with Crippen LogP contribution in [0, 0.1) is 13.8 Å². The van der Waals surface area contributed by atoms with E-state index >= 15 is 0 Å². The number of amides is 2. The van der Waals surface area contributed by atoms with Crippen LogP contribution in [-0.4, -0.2) is 73.5 Å². The summed E-state index contributed by atoms with van der Waals surface area (Å²) >= 11 is 9.49. The predicted octanol–water partition coefficient (Wildman–Crippen LogP) is 6.29. The van der Waals surface area contributed by atoms with Crippen molar-refractivity contribution in [2.45, 2.75) is 72.0 Å². The van der Waals surface area contributed by atoms with Gasteiger partial charge < -0.3 is 40.0 Å². The number of alkyl halides is 3. The van der Waals surface area contributed by atoms with Crippen molar-refractivity contribution in [1.29, 1.82) is 0 Å². The molecule has 0 spiro atoms. The molecule has 0 aliphatic heterocycles. The molecular formula is C36H43Br3N4O10. The lowest BCUT2D eigenvalue weighted by Gasteiger charge is -2.19. The Morgan fingerprint density at radius 1 is 0.698 bits per heavy atom. The molecule has 0 radical (unpaired) electrons. The number of aromatic amines is 1. The minimum absolute atomic E-state index is 0.150. The molecule has 0 saturated heterocycles. The molecule has 2 aromatic heterocycles. The van der Waals surface area contributed by atoms with Crippen LogP contribution in [0.25, 0.3) is 21.8 Å². The summed E-state index contributed by atoms with van der Waals surface area (Å²) in [5.74, 6) is -4.19. The van der Waals surface area contributed by atoms with Crippen molar-refractivity contribution in [3.63, 3.8) is 0 Å². The van der Waals surface area contributed by atoms with Crippen LogP contribution in [0.2, 0.25) is 0 Å². The zero-order chi connectivity index (χ0) is 40.4. The number of halogens is 3. The van der Waals surface area contributed by atoms with Crippen LogP contribution in [0.4, 0.5) is 0 Å². The number of benzene rings is 2. The number of carbonyl (C=O) groups is 6. The van der Waals surface area contributed by atoms with Gasteiger partial charge >= 0.3 is 11.9 Å². The number of carbonyl (C=O) groups excluding carboxylic acids is 6. The number of esters is 2. The summed E-state index contributed by atoms with van der Waals surface area (Å²) in [6, 6.07) is 10.2. The molecule has 0 fully saturated rings. The highest BCUT2D eigenvalue weighted by Gasteiger charge is 2.27. The van der Waals surface area contributed by atoms with E-state index in [0.717, 1.165) is 4.24 Å². The summed E-state index contributed by atoms with van der Waals surface area (Å²) in [6.07, 6.45) is 0. The second-order valence-corrected chi connectivity index (χ2v) is 16.3. The predicted molar refractivity (Wildman–Crippen MR) is 211 cm³/mol. The number of primary amides is 2. The second kappa shape index (κ2) is 19.2. The monoisotopic (exact) mass is 928 g/mol. The summed E-state index contributed by atoms with van der Waals surface area (Å²) in [6.45, 7) is 13.3. The average Bonchev–Trinajstić information content (AvgIpc) is 3.53. The van der Waals surface area contributed by atoms with E-state index in [9.17, 15) is 28.8 Å². The minimum Gasteiger partial charge on any atom is -0.481 e. The van der Waals surface area contributed by atoms with Gasteiger partial charge in [-0.15, -0.1) is 0 Å². The summed E-state index contributed by atoms with van der Waals surface area (Å²) in [5.41, 5.74) is 12.2. The fourth-order valence-electron chi connectivity index (χ4n) is 5.06. The van der Waals surface area contributed by atoms with Crippen LogP contribution in [0.1, 0.15) is 73.6 Å². The number of fused-ring (bicyclic) bond motifs is 2. The molecule has 2 heterocycles. The molecule has 0 aliphatic rings. The Bertz CT molecular complexity index is 2010. The first-order valence-electron chi connectivity index (χ1n) is 15.9. The number of H-pyrrole nitrogens is 1. The van der Waals surface area contributed by atoms with Crippen molar-refractivity contribution >= 4 is 105 Å². The Hall–Kier alpha value is -4.22. The Morgan fingerprint density at radius 3 is 1.57 bits per heavy atom. The van der Waals surface area contributed by atoms with Crippen molar-refractivity contribution in [3.05, 3.63) is 58.9 Å². The highest BCUT2D eigenvalue weighted by Crippen LogP contribution is 2.35. The molecule has 288 valence electrons. The Morgan fingerprint density at radius 2 is 1.13 bits per heavy atom. The largest absolute Gasteiger partial charge is 0.481 e. The fraction of sp³-hybridized carbons (Fsp3) is 0.389. The van der Waals surface area contributed by atoms with Crippen LogP contribution in [-0.2, 0) is 34.1 Å². The topological polar surface area (TPSA) is 212 Å². The van der Waals surface area contributed by atoms with Gasteiger partial charge in [0.1, 0.15) is 22.7 Å². The van der Waals surface area contributed by atoms with Gasteiger partial charge in [0.25, 0.3) is 23.4 Å². The minimum atomic E-state index is -1.05. The van der Waals surface area contributed by atoms with Crippen LogP contribution in [0.15, 0.2) is 36.4 Å². The first-order chi connectivity index (χ1) is 24.6. The summed E-state index contributed by atoms with van der Waals surface area (Å²) in [4.78, 5) is 73.9. The normalized spacial score (nSPS) is 11.1. The molecule has 17 heteroatoms. The lowest BCUT2D eigenvalue weighted by molar-refractivity contribution is -0.158. The number of nitrogens with zero attached hydrogens (tertiary/aromatic N) is 1. The number of nitrogens with one attached hydrogen (secondary N) is 1. The van der Waals surface area contributed by atoms with Gasteiger partial charge in [0.05, 0.1) is 42.6 Å². The second-order valence-electron chi connectivity index (χ2n) is 13.2. The maximum Gasteiger partial charge on any atom is 0.344 e. The van der Waals surface area contributed by atoms with Crippen LogP contribution >= 0.6 is 47.8 Å². The number of nitrogens with two attached hydrogens (primary N) is 2. The quantitative estimate of drug-likeness (QED) is 0.0662. The fourth-order valence-corrected chi connectivity index (χ4v) is 5.70. The average molecular weight is 931 g/mol. The molecule has 2 amide bonds. The summed E-state index contributed by atoms with van der Waals surface area (Å²) in [7, 11) is 0. The smallest absolute Gasteiger partial charge is 0.344 e. The van der Waals surface area contributed by atoms with E-state index in [4.69, 9.17) is 30.4 Å². The van der Waals surface area contributed by atoms with Crippen molar-refractivity contribution in [2.24, 2.45) is 11.5 Å². The molecular weight excluding hydrogens is 888 g/mol. The van der Waals surface area contributed by atoms with Gasteiger partial charge in [0.15, 0.2) is 13.2 Å². The molecule has 0 saturated carbocycles. The van der Waals surface area contributed by atoms with E-state index in [1.165, 1.54) is 0 Å². The highest BCUT2D eigenvalue weighted by atomic mass is 79.9. The van der Waals surface area contributed by atoms with Gasteiger partial charge in [-0.1, -0.05) is 59.9 Å². The number of ketones is 2. The molecule has 4 aromatic rings. The molecule has 5 N–H and O–H groups in total. The van der Waals surface area contributed by atoms with Crippen LogP contribution in [0.5, 0.6) is 11.5 Å². The third-order valence-electron chi connectivity index (χ3n) is 6.84. The van der Waals surface area contributed by atoms with E-state index in [-0.39, 0.29) is 24.3 Å². The number of Topliss-reactive ketones (excluding diaryl/α,β-unsaturated/α-hetero) is 2. The zero-order valence-electron chi connectivity index (χ0n) is 30.6. The Kier molecular flexibility index (Phi) is 16.3. The van der Waals surface area contributed by atoms with Gasteiger partial charge in [-0.2, -0.15) is 0 Å². The van der Waals surface area contributed by atoms with Gasteiger partial charge in [-0.25, -0.2) is 9.59 Å². The summed E-state index contributed by atoms with van der Waals surface area (Å²) in [5, 5.41) is 0.860. The Balaban J connectivity index is 0.000000342. The van der Waals surface area contributed by atoms with Gasteiger partial charge in [0, 0.05) is 11.4 Å². The van der Waals surface area contributed by atoms with E-state index in [0.29, 0.717) is 50.1 Å². The zero-order valence-corrected chi connectivity index (χ0v) is 35.4. The molecule has 0 aliphatic carbocycles.